The van der Waals surface area contributed by atoms with Gasteiger partial charge < -0.3 is 10.1 Å². The van der Waals surface area contributed by atoms with E-state index in [-0.39, 0.29) is 18.1 Å². The quantitative estimate of drug-likeness (QED) is 0.367. The van der Waals surface area contributed by atoms with Crippen molar-refractivity contribution in [3.63, 3.8) is 0 Å². The number of anilines is 1. The third-order valence-electron chi connectivity index (χ3n) is 5.25. The van der Waals surface area contributed by atoms with E-state index in [9.17, 15) is 9.18 Å². The van der Waals surface area contributed by atoms with Crippen LogP contribution in [0.1, 0.15) is 11.4 Å². The lowest BCUT2D eigenvalue weighted by molar-refractivity contribution is -0.115. The average Bonchev–Trinajstić information content (AvgIpc) is 3.45. The Morgan fingerprint density at radius 3 is 2.82 bits per heavy atom. The summed E-state index contributed by atoms with van der Waals surface area (Å²) in [6.07, 6.45) is 0.0161. The number of methoxy groups -OCH3 is 1. The number of nitrogens with zero attached hydrogens (tertiary/aromatic N) is 4. The standard InChI is InChI=1S/C25H20FN5O2S/c1-15-4-3-5-24(28-15)31-21(16-6-8-20-23(10-16)34-14-27-20)12-18(30-31)13-25(32)29-17-7-9-22(33-2)19(26)11-17/h3-12,14H,13H2,1-2H3,(H,29,32). The number of benzene rings is 2. The van der Waals surface area contributed by atoms with Gasteiger partial charge in [-0.2, -0.15) is 5.10 Å². The molecule has 0 spiro atoms. The van der Waals surface area contributed by atoms with Crippen LogP contribution in [0.2, 0.25) is 0 Å². The second-order valence-electron chi connectivity index (χ2n) is 7.68. The van der Waals surface area contributed by atoms with Crippen molar-refractivity contribution in [3.05, 3.63) is 83.4 Å². The minimum absolute atomic E-state index is 0.0161. The SMILES string of the molecule is COc1ccc(NC(=O)Cc2cc(-c3ccc4ncsc4c3)n(-c3cccc(C)n3)n2)cc1F. The first-order chi connectivity index (χ1) is 16.5. The number of hydrogen-bond acceptors (Lipinski definition) is 6. The van der Waals surface area contributed by atoms with Gasteiger partial charge in [-0.25, -0.2) is 19.0 Å². The van der Waals surface area contributed by atoms with Gasteiger partial charge in [-0.15, -0.1) is 11.3 Å². The Hall–Kier alpha value is -4.11. The van der Waals surface area contributed by atoms with Crippen molar-refractivity contribution in [1.29, 1.82) is 0 Å². The summed E-state index contributed by atoms with van der Waals surface area (Å²) in [6.45, 7) is 1.92. The zero-order valence-electron chi connectivity index (χ0n) is 18.4. The molecule has 0 aliphatic carbocycles. The summed E-state index contributed by atoms with van der Waals surface area (Å²) in [4.78, 5) is 21.6. The fourth-order valence-corrected chi connectivity index (χ4v) is 4.39. The summed E-state index contributed by atoms with van der Waals surface area (Å²) < 4.78 is 21.7. The number of hydrogen-bond donors (Lipinski definition) is 1. The minimum Gasteiger partial charge on any atom is -0.494 e. The van der Waals surface area contributed by atoms with Crippen LogP contribution in [0.3, 0.4) is 0 Å². The maximum absolute atomic E-state index is 14.0. The number of carbonyl (C=O) groups excluding carboxylic acids is 1. The molecule has 0 fully saturated rings. The molecular formula is C25H20FN5O2S. The highest BCUT2D eigenvalue weighted by Crippen LogP contribution is 2.29. The molecule has 3 aromatic heterocycles. The normalized spacial score (nSPS) is 11.0. The van der Waals surface area contributed by atoms with E-state index in [1.165, 1.54) is 19.2 Å². The number of pyridine rings is 1. The Kier molecular flexibility index (Phi) is 5.77. The second kappa shape index (κ2) is 9.03. The topological polar surface area (TPSA) is 81.9 Å². The van der Waals surface area contributed by atoms with Gasteiger partial charge in [0.15, 0.2) is 17.4 Å². The molecule has 0 aliphatic heterocycles. The number of carbonyl (C=O) groups is 1. The van der Waals surface area contributed by atoms with Crippen LogP contribution in [-0.4, -0.2) is 32.8 Å². The number of nitrogens with one attached hydrogen (secondary N) is 1. The summed E-state index contributed by atoms with van der Waals surface area (Å²) in [5.41, 5.74) is 6.26. The minimum atomic E-state index is -0.546. The Bertz CT molecular complexity index is 1510. The maximum atomic E-state index is 14.0. The molecule has 1 amide bonds. The van der Waals surface area contributed by atoms with Gasteiger partial charge in [0.25, 0.3) is 0 Å². The largest absolute Gasteiger partial charge is 0.494 e. The van der Waals surface area contributed by atoms with Crippen LogP contribution in [0, 0.1) is 12.7 Å². The highest BCUT2D eigenvalue weighted by Gasteiger charge is 2.16. The number of halogens is 1. The molecule has 0 bridgehead atoms. The first-order valence-electron chi connectivity index (χ1n) is 10.5. The molecule has 3 heterocycles. The lowest BCUT2D eigenvalue weighted by atomic mass is 10.1. The Morgan fingerprint density at radius 2 is 2.03 bits per heavy atom. The fourth-order valence-electron chi connectivity index (χ4n) is 3.67. The van der Waals surface area contributed by atoms with Crippen LogP contribution in [0.4, 0.5) is 10.1 Å². The summed E-state index contributed by atoms with van der Waals surface area (Å²) in [5.74, 6) is -0.0834. The molecule has 0 aliphatic rings. The number of aromatic nitrogens is 4. The zero-order valence-corrected chi connectivity index (χ0v) is 19.3. The van der Waals surface area contributed by atoms with Crippen molar-refractivity contribution in [2.45, 2.75) is 13.3 Å². The summed E-state index contributed by atoms with van der Waals surface area (Å²) in [7, 11) is 1.39. The van der Waals surface area contributed by atoms with Crippen LogP contribution in [0.25, 0.3) is 27.3 Å². The summed E-state index contributed by atoms with van der Waals surface area (Å²) in [6, 6.07) is 17.9. The number of rotatable bonds is 6. The van der Waals surface area contributed by atoms with E-state index in [0.29, 0.717) is 17.2 Å². The predicted octanol–water partition coefficient (Wildman–Crippen LogP) is 5.18. The molecule has 34 heavy (non-hydrogen) atoms. The fraction of sp³-hybridized carbons (Fsp3) is 0.120. The lowest BCUT2D eigenvalue weighted by Crippen LogP contribution is -2.15. The van der Waals surface area contributed by atoms with E-state index in [2.05, 4.69) is 26.4 Å². The van der Waals surface area contributed by atoms with Gasteiger partial charge in [0.05, 0.1) is 40.6 Å². The molecule has 9 heteroatoms. The lowest BCUT2D eigenvalue weighted by Gasteiger charge is -2.07. The first kappa shape index (κ1) is 21.7. The third kappa shape index (κ3) is 4.38. The monoisotopic (exact) mass is 473 g/mol. The number of aryl methyl sites for hydroxylation is 1. The Labute approximate surface area is 198 Å². The summed E-state index contributed by atoms with van der Waals surface area (Å²) in [5, 5.41) is 7.39. The van der Waals surface area contributed by atoms with E-state index in [0.717, 1.165) is 27.2 Å². The molecule has 7 nitrogen and oxygen atoms in total. The van der Waals surface area contributed by atoms with Crippen molar-refractivity contribution in [3.8, 4) is 22.8 Å². The van der Waals surface area contributed by atoms with Crippen molar-refractivity contribution >= 4 is 33.1 Å². The van der Waals surface area contributed by atoms with E-state index >= 15 is 0 Å². The van der Waals surface area contributed by atoms with Gasteiger partial charge in [0.1, 0.15) is 0 Å². The van der Waals surface area contributed by atoms with Crippen LogP contribution in [0.15, 0.2) is 66.2 Å². The molecular weight excluding hydrogens is 453 g/mol. The predicted molar refractivity (Wildman–Crippen MR) is 130 cm³/mol. The van der Waals surface area contributed by atoms with E-state index in [1.807, 2.05) is 48.8 Å². The highest BCUT2D eigenvalue weighted by molar-refractivity contribution is 7.16. The molecule has 170 valence electrons. The first-order valence-corrected chi connectivity index (χ1v) is 11.4. The molecule has 1 N–H and O–H groups in total. The molecule has 0 saturated heterocycles. The van der Waals surface area contributed by atoms with Gasteiger partial charge in [-0.3, -0.25) is 4.79 Å². The smallest absolute Gasteiger partial charge is 0.230 e. The molecule has 0 radical (unpaired) electrons. The Morgan fingerprint density at radius 1 is 1.15 bits per heavy atom. The number of ether oxygens (including phenoxy) is 1. The van der Waals surface area contributed by atoms with Crippen molar-refractivity contribution in [1.82, 2.24) is 19.7 Å². The van der Waals surface area contributed by atoms with Crippen molar-refractivity contribution in [2.75, 3.05) is 12.4 Å². The molecule has 0 unspecified atom stereocenters. The van der Waals surface area contributed by atoms with E-state index in [4.69, 9.17) is 4.74 Å². The highest BCUT2D eigenvalue weighted by atomic mass is 32.1. The third-order valence-corrected chi connectivity index (χ3v) is 6.05. The molecule has 5 rings (SSSR count). The van der Waals surface area contributed by atoms with Gasteiger partial charge in [-0.05, 0) is 49.4 Å². The van der Waals surface area contributed by atoms with Crippen LogP contribution in [-0.2, 0) is 11.2 Å². The number of fused-ring (bicyclic) bond motifs is 1. The van der Waals surface area contributed by atoms with Crippen LogP contribution < -0.4 is 10.1 Å². The molecule has 5 aromatic rings. The van der Waals surface area contributed by atoms with Crippen LogP contribution >= 0.6 is 11.3 Å². The molecule has 0 saturated carbocycles. The number of thiazole rings is 1. The van der Waals surface area contributed by atoms with Crippen LogP contribution in [0.5, 0.6) is 5.75 Å². The zero-order chi connectivity index (χ0) is 23.7. The van der Waals surface area contributed by atoms with E-state index < -0.39 is 5.82 Å². The van der Waals surface area contributed by atoms with Crippen molar-refractivity contribution in [2.24, 2.45) is 0 Å². The average molecular weight is 474 g/mol. The van der Waals surface area contributed by atoms with E-state index in [1.54, 1.807) is 22.1 Å². The molecule has 2 aromatic carbocycles. The van der Waals surface area contributed by atoms with Crippen molar-refractivity contribution < 1.29 is 13.9 Å². The molecule has 0 atom stereocenters. The van der Waals surface area contributed by atoms with Gasteiger partial charge in [0, 0.05) is 23.0 Å². The maximum Gasteiger partial charge on any atom is 0.230 e. The summed E-state index contributed by atoms with van der Waals surface area (Å²) >= 11 is 1.56. The van der Waals surface area contributed by atoms with Gasteiger partial charge in [-0.1, -0.05) is 12.1 Å². The second-order valence-corrected chi connectivity index (χ2v) is 8.57. The van der Waals surface area contributed by atoms with Gasteiger partial charge >= 0.3 is 0 Å². The Balaban J connectivity index is 1.47. The van der Waals surface area contributed by atoms with Gasteiger partial charge in [0.2, 0.25) is 5.91 Å². The number of amides is 1.